The second kappa shape index (κ2) is 1.44. The van der Waals surface area contributed by atoms with Crippen molar-refractivity contribution in [3.8, 4) is 0 Å². The predicted molar refractivity (Wildman–Crippen MR) is 113 cm³/mol. The summed E-state index contributed by atoms with van der Waals surface area (Å²) < 4.78 is 1.99. The molecule has 10 saturated heterocycles. The summed E-state index contributed by atoms with van der Waals surface area (Å²) in [6, 6.07) is 23.5. The van der Waals surface area contributed by atoms with E-state index < -0.39 is 6.51 Å². The van der Waals surface area contributed by atoms with E-state index in [4.69, 9.17) is 15.9 Å². The Kier molecular flexibility index (Phi) is 0.660. The molecule has 3 heteroatoms. The molecule has 12 rings (SSSR count). The van der Waals surface area contributed by atoms with Crippen molar-refractivity contribution < 1.29 is 6.51 Å². The van der Waals surface area contributed by atoms with Crippen molar-refractivity contribution in [2.75, 3.05) is 0 Å². The molecule has 0 nitrogen and oxygen atoms in total. The zero-order chi connectivity index (χ0) is 17.4. The van der Waals surface area contributed by atoms with Crippen LogP contribution in [-0.2, 0) is 6.51 Å². The van der Waals surface area contributed by atoms with Crippen molar-refractivity contribution in [1.82, 2.24) is 0 Å². The topological polar surface area (TPSA) is 0 Å². The van der Waals surface area contributed by atoms with Crippen LogP contribution in [0.25, 0.3) is 0 Å². The van der Waals surface area contributed by atoms with E-state index in [1.165, 1.54) is 33.7 Å². The van der Waals surface area contributed by atoms with Crippen LogP contribution in [0.5, 0.6) is 0 Å². The van der Waals surface area contributed by atoms with Gasteiger partial charge in [0.05, 0.1) is 0 Å². The van der Waals surface area contributed by atoms with E-state index in [1.807, 2.05) is 0 Å². The molecule has 10 fully saturated rings. The van der Waals surface area contributed by atoms with Crippen molar-refractivity contribution in [2.45, 2.75) is 45.3 Å². The van der Waals surface area contributed by atoms with Crippen LogP contribution in [0.2, 0.25) is 38.0 Å². The number of halogens is 1. The molecule has 5 unspecified atom stereocenters. The number of allylic oxidation sites excluding steroid dienone is 1. The average Bonchev–Trinajstić information content (AvgIpc) is 3.67. The van der Waals surface area contributed by atoms with Crippen LogP contribution in [0, 0.1) is 0 Å². The van der Waals surface area contributed by atoms with Gasteiger partial charge in [0.1, 0.15) is 0 Å². The standard InChI is InChI=1S/C19H15BrP.C5H5.Fe/c1-2-15-13-14-18(19(15)20)21(16-9-5-3-6-10-16)17-11-7-4-8-12-17;1-2-4-5-3-1;/h2-14H,1H2;1-5H;. The molecule has 5 atom stereocenters. The summed E-state index contributed by atoms with van der Waals surface area (Å²) in [5.74, 6) is 0. The van der Waals surface area contributed by atoms with Crippen LogP contribution < -0.4 is 10.6 Å². The van der Waals surface area contributed by atoms with Crippen LogP contribution in [0.3, 0.4) is 0 Å². The average molecular weight is 475 g/mol. The molecular formula is C24H20BrFeP. The third-order valence-electron chi connectivity index (χ3n) is 17.5. The second-order valence-corrected chi connectivity index (χ2v) is 40.6. The molecule has 10 heterocycles. The molecule has 0 radical (unpaired) electrons. The summed E-state index contributed by atoms with van der Waals surface area (Å²) >= 11 is 4.75. The van der Waals surface area contributed by atoms with Crippen molar-refractivity contribution in [1.29, 1.82) is 0 Å². The van der Waals surface area contributed by atoms with E-state index in [2.05, 4.69) is 73.3 Å². The molecule has 10 aliphatic rings. The number of benzene rings is 2. The summed E-state index contributed by atoms with van der Waals surface area (Å²) in [5.41, 5.74) is 0. The third-order valence-corrected chi connectivity index (χ3v) is 75.3. The number of fused-ring (bicyclic) bond motifs is 10. The Bertz CT molecular complexity index is 1570. The van der Waals surface area contributed by atoms with Gasteiger partial charge in [-0.15, -0.1) is 0 Å². The Morgan fingerprint density at radius 3 is 1.63 bits per heavy atom. The molecule has 0 amide bonds. The molecule has 0 aliphatic carbocycles. The molecule has 2 aromatic carbocycles. The van der Waals surface area contributed by atoms with Gasteiger partial charge >= 0.3 is 160 Å². The summed E-state index contributed by atoms with van der Waals surface area (Å²) in [4.78, 5) is 8.73. The van der Waals surface area contributed by atoms with Gasteiger partial charge in [-0.2, -0.15) is 0 Å². The Balaban J connectivity index is 1.33. The van der Waals surface area contributed by atoms with Gasteiger partial charge in [0.25, 0.3) is 0 Å². The second-order valence-electron chi connectivity index (χ2n) is 13.0. The maximum absolute atomic E-state index is 4.75. The minimum absolute atomic E-state index is 0.249. The molecule has 0 saturated carbocycles. The van der Waals surface area contributed by atoms with Gasteiger partial charge in [-0.05, 0) is 0 Å². The van der Waals surface area contributed by atoms with Crippen LogP contribution in [0.4, 0.5) is 0 Å². The van der Waals surface area contributed by atoms with Gasteiger partial charge in [-0.1, -0.05) is 0 Å². The SMILES string of the molecule is C=C[C]12[CH]3[CH]4[C]5(P(c6ccccc6)c6ccccc6)[C]1(Br)[Fe]34251678[CH]2[CH]1[CH]6[CH]7[CH]28. The monoisotopic (exact) mass is 474 g/mol. The molecule has 27 heavy (non-hydrogen) atoms. The predicted octanol–water partition coefficient (Wildman–Crippen LogP) is 6.28. The van der Waals surface area contributed by atoms with Crippen LogP contribution in [0.15, 0.2) is 73.3 Å². The third kappa shape index (κ3) is 0.191. The first-order chi connectivity index (χ1) is 13.0. The molecule has 2 aromatic rings. The summed E-state index contributed by atoms with van der Waals surface area (Å²) in [5, 5.41) is 3.34. The summed E-state index contributed by atoms with van der Waals surface area (Å²) in [6.45, 7) is 0.909. The van der Waals surface area contributed by atoms with Gasteiger partial charge < -0.3 is 0 Å². The van der Waals surface area contributed by atoms with Crippen molar-refractivity contribution in [2.24, 2.45) is 0 Å². The number of rotatable bonds is 4. The molecule has 0 aromatic heterocycles. The first-order valence-electron chi connectivity index (χ1n) is 10.4. The van der Waals surface area contributed by atoms with E-state index in [0.717, 1.165) is 4.05 Å². The Labute approximate surface area is 159 Å². The normalized spacial score (nSPS) is 84.7. The number of hydrogen-bond acceptors (Lipinski definition) is 0. The first-order valence-corrected chi connectivity index (χ1v) is 18.7. The number of hydrogen-bond donors (Lipinski definition) is 0. The van der Waals surface area contributed by atoms with Crippen LogP contribution in [0.1, 0.15) is 0 Å². The fourth-order valence-electron chi connectivity index (χ4n) is 19.5. The van der Waals surface area contributed by atoms with Gasteiger partial charge in [0.15, 0.2) is 0 Å². The van der Waals surface area contributed by atoms with Crippen LogP contribution >= 0.6 is 23.9 Å². The summed E-state index contributed by atoms with van der Waals surface area (Å²) in [6.07, 6.45) is 2.59. The molecule has 1 spiro atoms. The fraction of sp³-hybridized carbons (Fsp3) is 0.417. The van der Waals surface area contributed by atoms with Gasteiger partial charge in [-0.3, -0.25) is 0 Å². The molecule has 136 valence electrons. The van der Waals surface area contributed by atoms with Gasteiger partial charge in [0.2, 0.25) is 0 Å². The first kappa shape index (κ1) is 12.3. The zero-order valence-corrected chi connectivity index (χ0v) is 18.4. The molecule has 0 bridgehead atoms. The van der Waals surface area contributed by atoms with E-state index in [9.17, 15) is 0 Å². The van der Waals surface area contributed by atoms with Crippen molar-refractivity contribution >= 4 is 34.5 Å². The Morgan fingerprint density at radius 1 is 0.815 bits per heavy atom. The molecule has 0 N–H and O–H groups in total. The Morgan fingerprint density at radius 2 is 1.30 bits per heavy atom. The molecule has 10 aliphatic heterocycles. The van der Waals surface area contributed by atoms with Crippen LogP contribution in [-0.4, -0.2) is 7.28 Å². The van der Waals surface area contributed by atoms with E-state index >= 15 is 0 Å². The maximum atomic E-state index is 4.75. The van der Waals surface area contributed by atoms with Gasteiger partial charge in [0, 0.05) is 0 Å². The van der Waals surface area contributed by atoms with Crippen molar-refractivity contribution in [3.63, 3.8) is 0 Å². The van der Waals surface area contributed by atoms with Crippen molar-refractivity contribution in [3.05, 3.63) is 73.3 Å². The van der Waals surface area contributed by atoms with Gasteiger partial charge in [-0.25, -0.2) is 0 Å². The fourth-order valence-corrected chi connectivity index (χ4v) is 123. The molecular weight excluding hydrogens is 455 g/mol. The summed E-state index contributed by atoms with van der Waals surface area (Å²) in [7, 11) is -0.249. The quantitative estimate of drug-likeness (QED) is 0.212. The number of alkyl halides is 1. The van der Waals surface area contributed by atoms with E-state index in [1.54, 1.807) is 10.6 Å². The van der Waals surface area contributed by atoms with E-state index in [-0.39, 0.29) is 7.92 Å². The minimum atomic E-state index is -3.64. The zero-order valence-electron chi connectivity index (χ0n) is 14.8. The Hall–Kier alpha value is -0.391. The van der Waals surface area contributed by atoms with E-state index in [0.29, 0.717) is 7.54 Å².